The standard InChI is InChI=1S/C39H55N3O5S4/c1-37-8-10-48-50-21-39-31-7-6-27(33(39)16-41-36(40)42-39)28-12-22(4-5-23(28)17-44)35(19-46)51-49-20-25(31)13-29-32-14-26(37)11-24(18-45)30(3-2-9-43)38(32,37)15-34(29)47/h4-5,12,24-27,30-31,33,35,43-46H,2-3,6-11,13-21H2,1H3,(H3,40,41,42). The van der Waals surface area contributed by atoms with Crippen LogP contribution < -0.4 is 11.1 Å². The molecule has 3 fully saturated rings. The minimum atomic E-state index is -0.330. The topological polar surface area (TPSA) is 148 Å². The summed E-state index contributed by atoms with van der Waals surface area (Å²) in [5.41, 5.74) is 11.8. The van der Waals surface area contributed by atoms with Crippen molar-refractivity contribution in [1.82, 2.24) is 5.32 Å². The van der Waals surface area contributed by atoms with Crippen molar-refractivity contribution in [3.63, 3.8) is 0 Å². The number of carbonyl (C=O) groups is 1. The third-order valence-corrected chi connectivity index (χ3v) is 20.4. The van der Waals surface area contributed by atoms with E-state index in [4.69, 9.17) is 10.7 Å². The van der Waals surface area contributed by atoms with Crippen molar-refractivity contribution in [2.24, 2.45) is 57.1 Å². The summed E-state index contributed by atoms with van der Waals surface area (Å²) >= 11 is 0. The lowest BCUT2D eigenvalue weighted by Gasteiger charge is -2.57. The second-order valence-corrected chi connectivity index (χ2v) is 21.9. The summed E-state index contributed by atoms with van der Waals surface area (Å²) < 4.78 is 0. The van der Waals surface area contributed by atoms with Crippen LogP contribution in [0.5, 0.6) is 0 Å². The zero-order valence-corrected chi connectivity index (χ0v) is 33.0. The molecule has 0 aromatic heterocycles. The van der Waals surface area contributed by atoms with Gasteiger partial charge in [-0.2, -0.15) is 0 Å². The van der Waals surface area contributed by atoms with Crippen LogP contribution in [-0.2, 0) is 11.4 Å². The van der Waals surface area contributed by atoms with E-state index in [1.165, 1.54) is 11.1 Å². The third kappa shape index (κ3) is 5.81. The van der Waals surface area contributed by atoms with Gasteiger partial charge in [0.15, 0.2) is 11.7 Å². The fourth-order valence-corrected chi connectivity index (χ4v) is 18.4. The van der Waals surface area contributed by atoms with Gasteiger partial charge in [0, 0.05) is 54.8 Å². The molecule has 0 saturated heterocycles. The monoisotopic (exact) mass is 773 g/mol. The molecule has 3 saturated carbocycles. The minimum absolute atomic E-state index is 0.0238. The Morgan fingerprint density at radius 1 is 1.06 bits per heavy atom. The van der Waals surface area contributed by atoms with Crippen LogP contribution in [0.2, 0.25) is 0 Å². The van der Waals surface area contributed by atoms with E-state index in [1.54, 1.807) is 10.8 Å². The van der Waals surface area contributed by atoms with E-state index < -0.39 is 0 Å². The first-order valence-corrected chi connectivity index (χ1v) is 24.0. The van der Waals surface area contributed by atoms with E-state index in [9.17, 15) is 25.2 Å². The van der Waals surface area contributed by atoms with Crippen molar-refractivity contribution >= 4 is 54.9 Å². The van der Waals surface area contributed by atoms with Crippen LogP contribution in [0.4, 0.5) is 0 Å². The Morgan fingerprint density at radius 2 is 1.92 bits per heavy atom. The van der Waals surface area contributed by atoms with Crippen LogP contribution in [0.3, 0.4) is 0 Å². The van der Waals surface area contributed by atoms with Gasteiger partial charge in [0.25, 0.3) is 0 Å². The van der Waals surface area contributed by atoms with E-state index >= 15 is 0 Å². The number of hydrogen-bond donors (Lipinski definition) is 6. The van der Waals surface area contributed by atoms with Crippen molar-refractivity contribution in [2.75, 3.05) is 43.6 Å². The number of rotatable bonds is 6. The Morgan fingerprint density at radius 3 is 2.71 bits per heavy atom. The molecule has 4 aliphatic heterocycles. The van der Waals surface area contributed by atoms with Crippen LogP contribution in [0.25, 0.3) is 0 Å². The molecular formula is C39H55N3O5S4. The van der Waals surface area contributed by atoms with E-state index in [0.29, 0.717) is 37.0 Å². The molecule has 2 spiro atoms. The van der Waals surface area contributed by atoms with Crippen LogP contribution in [0.15, 0.2) is 34.3 Å². The highest BCUT2D eigenvalue weighted by Crippen LogP contribution is 2.76. The van der Waals surface area contributed by atoms with Crippen LogP contribution in [-0.4, -0.2) is 81.3 Å². The lowest BCUT2D eigenvalue weighted by Crippen LogP contribution is -2.69. The number of hydrogen-bond acceptors (Lipinski definition) is 12. The van der Waals surface area contributed by atoms with Gasteiger partial charge in [0.1, 0.15) is 0 Å². The number of aliphatic hydroxyl groups is 4. The van der Waals surface area contributed by atoms with Crippen LogP contribution >= 0.6 is 43.2 Å². The molecule has 0 radical (unpaired) electrons. The minimum Gasteiger partial charge on any atom is -0.396 e. The maximum absolute atomic E-state index is 14.7. The summed E-state index contributed by atoms with van der Waals surface area (Å²) in [5, 5.41) is 45.7. The van der Waals surface area contributed by atoms with E-state index in [2.05, 4.69) is 30.4 Å². The number of carbonyl (C=O) groups excluding carboxylic acids is 1. The summed E-state index contributed by atoms with van der Waals surface area (Å²) in [6.45, 7) is 3.40. The molecular weight excluding hydrogens is 719 g/mol. The molecule has 51 heavy (non-hydrogen) atoms. The van der Waals surface area contributed by atoms with Gasteiger partial charge in [-0.1, -0.05) is 73.9 Å². The number of aliphatic imine (C=N–C) groups is 1. The van der Waals surface area contributed by atoms with Gasteiger partial charge in [0.2, 0.25) is 0 Å². The average Bonchev–Trinajstić information content (AvgIpc) is 3.46. The Bertz CT molecular complexity index is 1580. The van der Waals surface area contributed by atoms with Gasteiger partial charge in [-0.3, -0.25) is 9.79 Å². The second-order valence-electron chi connectivity index (χ2n) is 16.8. The van der Waals surface area contributed by atoms with E-state index in [1.807, 2.05) is 32.4 Å². The fraction of sp³-hybridized carbons (Fsp3) is 0.744. The SMILES string of the molecule is CC12CCSSCC34NC(N)=NCC3C3CCC4C(CSSC(CO)c4ccc(CO)c3c4)CC3=C4CC1CC(CO)C(CCCO)C42CC3=O. The predicted molar refractivity (Wildman–Crippen MR) is 211 cm³/mol. The summed E-state index contributed by atoms with van der Waals surface area (Å²) in [4.78, 5) is 19.6. The van der Waals surface area contributed by atoms with Gasteiger partial charge >= 0.3 is 0 Å². The second kappa shape index (κ2) is 14.7. The number of benzene rings is 1. The van der Waals surface area contributed by atoms with Gasteiger partial charge in [-0.05, 0) is 115 Å². The molecule has 11 atom stereocenters. The molecule has 4 aliphatic carbocycles. The number of fused-ring (bicyclic) bond motifs is 4. The predicted octanol–water partition coefficient (Wildman–Crippen LogP) is 5.85. The number of nitrogens with zero attached hydrogens (tertiary/aromatic N) is 1. The first kappa shape index (κ1) is 37.1. The van der Waals surface area contributed by atoms with E-state index in [0.717, 1.165) is 78.9 Å². The molecule has 1 aromatic carbocycles. The number of aliphatic hydroxyl groups excluding tert-OH is 4. The number of allylic oxidation sites excluding steroid dienone is 2. The highest BCUT2D eigenvalue weighted by molar-refractivity contribution is 8.77. The summed E-state index contributed by atoms with van der Waals surface area (Å²) in [6.07, 6.45) is 7.82. The normalized spacial score (nSPS) is 42.1. The highest BCUT2D eigenvalue weighted by Gasteiger charge is 2.70. The number of Topliss-reactive ketones (excluding diaryl/α,β-unsaturated/α-hetero) is 1. The third-order valence-electron chi connectivity index (χ3n) is 15.0. The lowest BCUT2D eigenvalue weighted by atomic mass is 9.47. The molecule has 4 heterocycles. The smallest absolute Gasteiger partial charge is 0.189 e. The van der Waals surface area contributed by atoms with Gasteiger partial charge in [-0.15, -0.1) is 0 Å². The number of guanidine groups is 1. The molecule has 9 rings (SSSR count). The largest absolute Gasteiger partial charge is 0.396 e. The molecule has 11 bridgehead atoms. The number of ketones is 1. The van der Waals surface area contributed by atoms with Crippen molar-refractivity contribution in [1.29, 1.82) is 0 Å². The average molecular weight is 774 g/mol. The Kier molecular flexibility index (Phi) is 10.7. The summed E-state index contributed by atoms with van der Waals surface area (Å²) in [6, 6.07) is 6.39. The van der Waals surface area contributed by atoms with Crippen molar-refractivity contribution < 1.29 is 25.2 Å². The number of nitrogens with one attached hydrogen (secondary N) is 1. The van der Waals surface area contributed by atoms with Gasteiger partial charge in [-0.25, -0.2) is 0 Å². The quantitative estimate of drug-likeness (QED) is 0.194. The van der Waals surface area contributed by atoms with Crippen molar-refractivity contribution in [3.8, 4) is 0 Å². The molecule has 1 aromatic rings. The van der Waals surface area contributed by atoms with Crippen LogP contribution in [0.1, 0.15) is 92.6 Å². The Balaban J connectivity index is 1.28. The maximum Gasteiger partial charge on any atom is 0.189 e. The first-order chi connectivity index (χ1) is 24.7. The molecule has 12 heteroatoms. The molecule has 11 unspecified atom stereocenters. The maximum atomic E-state index is 14.7. The van der Waals surface area contributed by atoms with Gasteiger partial charge in [0.05, 0.1) is 24.0 Å². The zero-order valence-electron chi connectivity index (χ0n) is 29.7. The molecule has 0 amide bonds. The summed E-state index contributed by atoms with van der Waals surface area (Å²) in [7, 11) is 7.52. The Labute approximate surface area is 318 Å². The molecule has 280 valence electrons. The fourth-order valence-electron chi connectivity index (χ4n) is 12.7. The first-order valence-electron chi connectivity index (χ1n) is 19.2. The number of nitrogens with two attached hydrogens (primary N) is 1. The summed E-state index contributed by atoms with van der Waals surface area (Å²) in [5.74, 6) is 5.21. The van der Waals surface area contributed by atoms with Crippen molar-refractivity contribution in [3.05, 3.63) is 46.0 Å². The molecule has 8 aliphatic rings. The van der Waals surface area contributed by atoms with Crippen LogP contribution in [0, 0.1) is 46.3 Å². The zero-order chi connectivity index (χ0) is 35.5. The Hall–Kier alpha value is -0.860. The highest BCUT2D eigenvalue weighted by atomic mass is 33.1. The molecule has 7 N–H and O–H groups in total. The van der Waals surface area contributed by atoms with Crippen molar-refractivity contribution in [2.45, 2.75) is 88.0 Å². The lowest BCUT2D eigenvalue weighted by molar-refractivity contribution is -0.125. The van der Waals surface area contributed by atoms with Gasteiger partial charge < -0.3 is 31.5 Å². The molecule has 8 nitrogen and oxygen atoms in total. The van der Waals surface area contributed by atoms with E-state index in [-0.39, 0.29) is 83.6 Å².